The number of nitrogens with zero attached hydrogens (tertiary/aromatic N) is 3. The van der Waals surface area contributed by atoms with E-state index in [9.17, 15) is 4.79 Å². The van der Waals surface area contributed by atoms with Crippen molar-refractivity contribution in [2.45, 2.75) is 32.7 Å². The van der Waals surface area contributed by atoms with Crippen LogP contribution in [0.4, 0.5) is 0 Å². The van der Waals surface area contributed by atoms with E-state index in [1.54, 1.807) is 20.4 Å². The zero-order valence-electron chi connectivity index (χ0n) is 15.1. The van der Waals surface area contributed by atoms with E-state index in [0.29, 0.717) is 31.0 Å². The summed E-state index contributed by atoms with van der Waals surface area (Å²) >= 11 is 0. The van der Waals surface area contributed by atoms with E-state index < -0.39 is 0 Å². The van der Waals surface area contributed by atoms with Crippen molar-refractivity contribution in [2.24, 2.45) is 0 Å². The zero-order valence-corrected chi connectivity index (χ0v) is 15.1. The number of imidazole rings is 1. The molecule has 6 nitrogen and oxygen atoms in total. The van der Waals surface area contributed by atoms with E-state index in [2.05, 4.69) is 9.55 Å². The Bertz CT molecular complexity index is 754. The van der Waals surface area contributed by atoms with Crippen molar-refractivity contribution >= 4 is 5.91 Å². The van der Waals surface area contributed by atoms with Crippen molar-refractivity contribution in [2.75, 3.05) is 27.3 Å². The van der Waals surface area contributed by atoms with Crippen LogP contribution in [0.1, 0.15) is 24.8 Å². The lowest BCUT2D eigenvalue weighted by atomic mass is 10.1. The maximum absolute atomic E-state index is 12.0. The fourth-order valence-electron chi connectivity index (χ4n) is 3.33. The van der Waals surface area contributed by atoms with Gasteiger partial charge in [0.25, 0.3) is 0 Å². The number of rotatable bonds is 6. The van der Waals surface area contributed by atoms with Crippen LogP contribution in [0.3, 0.4) is 0 Å². The summed E-state index contributed by atoms with van der Waals surface area (Å²) in [6, 6.07) is 3.99. The SMILES string of the molecule is COc1cc(C)cc(-c2nccn2CCN2CCCCC2=O)c1OC. The summed E-state index contributed by atoms with van der Waals surface area (Å²) in [7, 11) is 3.27. The van der Waals surface area contributed by atoms with Gasteiger partial charge in [-0.05, 0) is 37.5 Å². The normalized spacial score (nSPS) is 14.7. The molecule has 1 amide bonds. The van der Waals surface area contributed by atoms with Gasteiger partial charge < -0.3 is 18.9 Å². The molecule has 1 saturated heterocycles. The van der Waals surface area contributed by atoms with Gasteiger partial charge in [-0.3, -0.25) is 4.79 Å². The summed E-state index contributed by atoms with van der Waals surface area (Å²) in [6.45, 7) is 4.28. The average molecular weight is 343 g/mol. The van der Waals surface area contributed by atoms with Crippen LogP contribution >= 0.6 is 0 Å². The van der Waals surface area contributed by atoms with Gasteiger partial charge in [0.2, 0.25) is 5.91 Å². The van der Waals surface area contributed by atoms with E-state index in [1.165, 1.54) is 0 Å². The molecule has 25 heavy (non-hydrogen) atoms. The molecule has 0 saturated carbocycles. The lowest BCUT2D eigenvalue weighted by Gasteiger charge is -2.27. The van der Waals surface area contributed by atoms with E-state index in [0.717, 1.165) is 36.3 Å². The molecule has 0 aliphatic carbocycles. The number of carbonyl (C=O) groups is 1. The number of hydrogen-bond donors (Lipinski definition) is 0. The molecule has 2 aromatic rings. The van der Waals surface area contributed by atoms with Crippen LogP contribution in [0, 0.1) is 6.92 Å². The second kappa shape index (κ2) is 7.59. The molecule has 1 fully saturated rings. The predicted molar refractivity (Wildman–Crippen MR) is 95.9 cm³/mol. The molecule has 0 N–H and O–H groups in total. The summed E-state index contributed by atoms with van der Waals surface area (Å²) in [5.41, 5.74) is 1.97. The molecule has 3 rings (SSSR count). The highest BCUT2D eigenvalue weighted by molar-refractivity contribution is 5.76. The highest BCUT2D eigenvalue weighted by Crippen LogP contribution is 2.38. The van der Waals surface area contributed by atoms with Gasteiger partial charge in [-0.25, -0.2) is 4.98 Å². The maximum atomic E-state index is 12.0. The fraction of sp³-hybridized carbons (Fsp3) is 0.474. The molecule has 1 aliphatic heterocycles. The van der Waals surface area contributed by atoms with Crippen molar-refractivity contribution < 1.29 is 14.3 Å². The standard InChI is InChI=1S/C19H25N3O3/c1-14-12-15(18(25-3)16(13-14)24-2)19-20-7-9-22(19)11-10-21-8-5-4-6-17(21)23/h7,9,12-13H,4-6,8,10-11H2,1-3H3. The number of aromatic nitrogens is 2. The maximum Gasteiger partial charge on any atom is 0.222 e. The van der Waals surface area contributed by atoms with Crippen LogP contribution in [0.25, 0.3) is 11.4 Å². The third kappa shape index (κ3) is 3.62. The Morgan fingerprint density at radius 3 is 2.72 bits per heavy atom. The van der Waals surface area contributed by atoms with Gasteiger partial charge in [0.05, 0.1) is 19.8 Å². The number of benzene rings is 1. The van der Waals surface area contributed by atoms with Crippen LogP contribution in [-0.4, -0.2) is 47.7 Å². The van der Waals surface area contributed by atoms with Crippen LogP contribution in [0.15, 0.2) is 24.5 Å². The molecular weight excluding hydrogens is 318 g/mol. The highest BCUT2D eigenvalue weighted by atomic mass is 16.5. The van der Waals surface area contributed by atoms with Crippen molar-refractivity contribution in [3.63, 3.8) is 0 Å². The molecule has 0 atom stereocenters. The van der Waals surface area contributed by atoms with E-state index >= 15 is 0 Å². The first-order chi connectivity index (χ1) is 12.1. The average Bonchev–Trinajstić information content (AvgIpc) is 3.08. The minimum absolute atomic E-state index is 0.253. The first-order valence-corrected chi connectivity index (χ1v) is 8.66. The van der Waals surface area contributed by atoms with Crippen molar-refractivity contribution in [3.05, 3.63) is 30.1 Å². The Labute approximate surface area is 148 Å². The molecule has 1 aliphatic rings. The molecule has 1 aromatic carbocycles. The smallest absolute Gasteiger partial charge is 0.222 e. The molecular formula is C19H25N3O3. The van der Waals surface area contributed by atoms with E-state index in [4.69, 9.17) is 9.47 Å². The van der Waals surface area contributed by atoms with Crippen molar-refractivity contribution in [1.82, 2.24) is 14.5 Å². The Morgan fingerprint density at radius 2 is 2.00 bits per heavy atom. The summed E-state index contributed by atoms with van der Waals surface area (Å²) in [4.78, 5) is 18.5. The third-order valence-corrected chi connectivity index (χ3v) is 4.61. The Kier molecular flexibility index (Phi) is 5.26. The second-order valence-corrected chi connectivity index (χ2v) is 6.33. The monoisotopic (exact) mass is 343 g/mol. The number of likely N-dealkylation sites (tertiary alicyclic amines) is 1. The quantitative estimate of drug-likeness (QED) is 0.809. The predicted octanol–water partition coefficient (Wildman–Crippen LogP) is 2.89. The molecule has 6 heteroatoms. The van der Waals surface area contributed by atoms with Crippen LogP contribution in [0.5, 0.6) is 11.5 Å². The summed E-state index contributed by atoms with van der Waals surface area (Å²) < 4.78 is 13.1. The Balaban J connectivity index is 1.86. The first-order valence-electron chi connectivity index (χ1n) is 8.66. The third-order valence-electron chi connectivity index (χ3n) is 4.61. The van der Waals surface area contributed by atoms with Gasteiger partial charge in [-0.2, -0.15) is 0 Å². The highest BCUT2D eigenvalue weighted by Gasteiger charge is 2.20. The van der Waals surface area contributed by atoms with Gasteiger partial charge in [0.15, 0.2) is 11.5 Å². The van der Waals surface area contributed by atoms with Gasteiger partial charge >= 0.3 is 0 Å². The largest absolute Gasteiger partial charge is 0.493 e. The lowest BCUT2D eigenvalue weighted by Crippen LogP contribution is -2.37. The van der Waals surface area contributed by atoms with Gasteiger partial charge in [0.1, 0.15) is 5.82 Å². The van der Waals surface area contributed by atoms with Crippen molar-refractivity contribution in [3.8, 4) is 22.9 Å². The van der Waals surface area contributed by atoms with Gasteiger partial charge in [0, 0.05) is 38.4 Å². The number of carbonyl (C=O) groups excluding carboxylic acids is 1. The minimum atomic E-state index is 0.253. The zero-order chi connectivity index (χ0) is 17.8. The van der Waals surface area contributed by atoms with E-state index in [-0.39, 0.29) is 5.91 Å². The van der Waals surface area contributed by atoms with Gasteiger partial charge in [-0.1, -0.05) is 0 Å². The van der Waals surface area contributed by atoms with E-state index in [1.807, 2.05) is 30.2 Å². The second-order valence-electron chi connectivity index (χ2n) is 6.33. The molecule has 2 heterocycles. The van der Waals surface area contributed by atoms with Crippen LogP contribution in [-0.2, 0) is 11.3 Å². The fourth-order valence-corrected chi connectivity index (χ4v) is 3.33. The molecule has 134 valence electrons. The first kappa shape index (κ1) is 17.3. The molecule has 0 unspecified atom stereocenters. The lowest BCUT2D eigenvalue weighted by molar-refractivity contribution is -0.133. The molecule has 0 bridgehead atoms. The minimum Gasteiger partial charge on any atom is -0.493 e. The number of amides is 1. The number of methoxy groups -OCH3 is 2. The number of ether oxygens (including phenoxy) is 2. The molecule has 0 spiro atoms. The summed E-state index contributed by atoms with van der Waals surface area (Å²) in [5, 5.41) is 0. The summed E-state index contributed by atoms with van der Waals surface area (Å²) in [5.74, 6) is 2.44. The number of piperidine rings is 1. The van der Waals surface area contributed by atoms with Gasteiger partial charge in [-0.15, -0.1) is 0 Å². The number of hydrogen-bond acceptors (Lipinski definition) is 4. The van der Waals surface area contributed by atoms with Crippen LogP contribution < -0.4 is 9.47 Å². The topological polar surface area (TPSA) is 56.6 Å². The molecule has 0 radical (unpaired) electrons. The van der Waals surface area contributed by atoms with Crippen molar-refractivity contribution in [1.29, 1.82) is 0 Å². The Morgan fingerprint density at radius 1 is 1.16 bits per heavy atom. The van der Waals surface area contributed by atoms with Crippen LogP contribution in [0.2, 0.25) is 0 Å². The summed E-state index contributed by atoms with van der Waals surface area (Å²) in [6.07, 6.45) is 6.48. The molecule has 1 aromatic heterocycles. The Hall–Kier alpha value is -2.50. The number of aryl methyl sites for hydroxylation is 1.